The number of nitrogens with two attached hydrogens (primary N) is 1. The Labute approximate surface area is 54.0 Å². The van der Waals surface area contributed by atoms with E-state index in [0.29, 0.717) is 0 Å². The molecule has 50 valence electrons. The van der Waals surface area contributed by atoms with Crippen LogP contribution in [0.1, 0.15) is 13.8 Å². The van der Waals surface area contributed by atoms with Crippen molar-refractivity contribution < 1.29 is 0 Å². The van der Waals surface area contributed by atoms with Crippen LogP contribution in [-0.4, -0.2) is 23.2 Å². The molecule has 0 saturated heterocycles. The maximum atomic E-state index is 5.24. The highest BCUT2D eigenvalue weighted by atomic mass is 15.6. The smallest absolute Gasteiger partial charge is 0.125 e. The molecule has 0 saturated carbocycles. The summed E-state index contributed by atoms with van der Waals surface area (Å²) in [6.45, 7) is 3.92. The zero-order valence-corrected chi connectivity index (χ0v) is 5.57. The van der Waals surface area contributed by atoms with E-state index in [2.05, 4.69) is 10.1 Å². The van der Waals surface area contributed by atoms with Crippen molar-refractivity contribution in [1.29, 1.82) is 0 Å². The van der Waals surface area contributed by atoms with Gasteiger partial charge in [-0.15, -0.1) is 0 Å². The first-order valence-electron chi connectivity index (χ1n) is 2.75. The van der Waals surface area contributed by atoms with Gasteiger partial charge in [-0.1, -0.05) is 0 Å². The van der Waals surface area contributed by atoms with Crippen molar-refractivity contribution >= 4 is 12.6 Å². The second-order valence-corrected chi connectivity index (χ2v) is 2.52. The zero-order valence-electron chi connectivity index (χ0n) is 5.57. The predicted octanol–water partition coefficient (Wildman–Crippen LogP) is -0.0316. The van der Waals surface area contributed by atoms with Crippen molar-refractivity contribution in [3.63, 3.8) is 0 Å². The molecule has 0 radical (unpaired) electrons. The summed E-state index contributed by atoms with van der Waals surface area (Å²) in [5.74, 6) is 5.24. The number of aliphatic imine (C=N–C) groups is 1. The van der Waals surface area contributed by atoms with Crippen LogP contribution in [0.2, 0.25) is 0 Å². The van der Waals surface area contributed by atoms with Crippen LogP contribution in [0, 0.1) is 0 Å². The molecule has 2 N–H and O–H groups in total. The minimum atomic E-state index is -0.185. The molecule has 0 unspecified atom stereocenters. The van der Waals surface area contributed by atoms with Crippen molar-refractivity contribution in [1.82, 2.24) is 5.12 Å². The van der Waals surface area contributed by atoms with Crippen LogP contribution in [0.25, 0.3) is 0 Å². The molecule has 1 aliphatic heterocycles. The van der Waals surface area contributed by atoms with Gasteiger partial charge in [-0.05, 0) is 13.8 Å². The molecular formula is C5H10N4. The van der Waals surface area contributed by atoms with E-state index in [1.165, 1.54) is 11.5 Å². The van der Waals surface area contributed by atoms with Crippen molar-refractivity contribution in [3.8, 4) is 0 Å². The van der Waals surface area contributed by atoms with E-state index in [-0.39, 0.29) is 5.54 Å². The summed E-state index contributed by atoms with van der Waals surface area (Å²) in [6.07, 6.45) is 3.20. The highest BCUT2D eigenvalue weighted by Gasteiger charge is 2.14. The molecule has 1 aliphatic rings. The normalized spacial score (nSPS) is 22.8. The van der Waals surface area contributed by atoms with E-state index in [1.807, 2.05) is 13.8 Å². The second-order valence-electron chi connectivity index (χ2n) is 2.52. The standard InChI is InChI=1S/C5H10N4/c1-5(2)3-8-9(6)4-7-5/h3-4H,6H2,1-2H3. The Balaban J connectivity index is 2.70. The van der Waals surface area contributed by atoms with Crippen LogP contribution in [0.15, 0.2) is 10.1 Å². The van der Waals surface area contributed by atoms with Crippen molar-refractivity contribution in [2.45, 2.75) is 19.4 Å². The summed E-state index contributed by atoms with van der Waals surface area (Å²) in [4.78, 5) is 4.07. The Bertz CT molecular complexity index is 142. The molecule has 0 bridgehead atoms. The van der Waals surface area contributed by atoms with Gasteiger partial charge in [0.05, 0.1) is 11.8 Å². The number of hydrogen-bond acceptors (Lipinski definition) is 4. The third-order valence-corrected chi connectivity index (χ3v) is 1.02. The van der Waals surface area contributed by atoms with Gasteiger partial charge in [0.2, 0.25) is 0 Å². The summed E-state index contributed by atoms with van der Waals surface area (Å²) in [5.41, 5.74) is -0.185. The third-order valence-electron chi connectivity index (χ3n) is 1.02. The lowest BCUT2D eigenvalue weighted by atomic mass is 10.1. The van der Waals surface area contributed by atoms with Crippen LogP contribution < -0.4 is 5.84 Å². The third kappa shape index (κ3) is 1.50. The van der Waals surface area contributed by atoms with Gasteiger partial charge in [-0.3, -0.25) is 4.99 Å². The van der Waals surface area contributed by atoms with Crippen LogP contribution in [-0.2, 0) is 0 Å². The minimum absolute atomic E-state index is 0.185. The van der Waals surface area contributed by atoms with Gasteiger partial charge in [0.1, 0.15) is 6.34 Å². The van der Waals surface area contributed by atoms with Crippen LogP contribution in [0.4, 0.5) is 0 Å². The predicted molar refractivity (Wildman–Crippen MR) is 37.1 cm³/mol. The quantitative estimate of drug-likeness (QED) is 0.463. The van der Waals surface area contributed by atoms with Gasteiger partial charge in [0, 0.05) is 0 Å². The maximum Gasteiger partial charge on any atom is 0.125 e. The Morgan fingerprint density at radius 1 is 1.56 bits per heavy atom. The Morgan fingerprint density at radius 2 is 2.22 bits per heavy atom. The van der Waals surface area contributed by atoms with Crippen molar-refractivity contribution in [3.05, 3.63) is 0 Å². The van der Waals surface area contributed by atoms with Gasteiger partial charge >= 0.3 is 0 Å². The molecule has 9 heavy (non-hydrogen) atoms. The lowest BCUT2D eigenvalue weighted by Crippen LogP contribution is -2.33. The molecule has 0 aliphatic carbocycles. The van der Waals surface area contributed by atoms with E-state index in [1.54, 1.807) is 6.21 Å². The van der Waals surface area contributed by atoms with Crippen LogP contribution in [0.5, 0.6) is 0 Å². The molecule has 4 heteroatoms. The average Bonchev–Trinajstić information content (AvgIpc) is 1.78. The highest BCUT2D eigenvalue weighted by molar-refractivity contribution is 5.75. The summed E-state index contributed by atoms with van der Waals surface area (Å²) >= 11 is 0. The largest absolute Gasteiger partial charge is 0.260 e. The molecular weight excluding hydrogens is 116 g/mol. The SMILES string of the molecule is CC1(C)C=NN(N)C=N1. The Morgan fingerprint density at radius 3 is 2.56 bits per heavy atom. The molecule has 0 spiro atoms. The fraction of sp³-hybridized carbons (Fsp3) is 0.600. The molecule has 0 amide bonds. The van der Waals surface area contributed by atoms with E-state index >= 15 is 0 Å². The molecule has 0 atom stereocenters. The Hall–Kier alpha value is -0.900. The van der Waals surface area contributed by atoms with Crippen LogP contribution in [0.3, 0.4) is 0 Å². The number of rotatable bonds is 0. The van der Waals surface area contributed by atoms with Gasteiger partial charge in [-0.2, -0.15) is 10.2 Å². The number of hydrazone groups is 1. The highest BCUT2D eigenvalue weighted by Crippen LogP contribution is 2.06. The summed E-state index contributed by atoms with van der Waals surface area (Å²) in [7, 11) is 0. The lowest BCUT2D eigenvalue weighted by molar-refractivity contribution is 0.460. The molecule has 1 rings (SSSR count). The lowest BCUT2D eigenvalue weighted by Gasteiger charge is -2.19. The molecule has 1 heterocycles. The second kappa shape index (κ2) is 1.80. The first-order chi connectivity index (χ1) is 4.10. The maximum absolute atomic E-state index is 5.24. The van der Waals surface area contributed by atoms with Crippen molar-refractivity contribution in [2.75, 3.05) is 0 Å². The van der Waals surface area contributed by atoms with Crippen molar-refractivity contribution in [2.24, 2.45) is 15.9 Å². The first-order valence-corrected chi connectivity index (χ1v) is 2.75. The van der Waals surface area contributed by atoms with Crippen LogP contribution >= 0.6 is 0 Å². The topological polar surface area (TPSA) is 54.0 Å². The molecule has 0 fully saturated rings. The number of nitrogens with zero attached hydrogens (tertiary/aromatic N) is 3. The number of hydrazine groups is 1. The van der Waals surface area contributed by atoms with Gasteiger partial charge in [0.15, 0.2) is 0 Å². The fourth-order valence-electron chi connectivity index (χ4n) is 0.479. The minimum Gasteiger partial charge on any atom is -0.260 e. The summed E-state index contributed by atoms with van der Waals surface area (Å²) in [5, 5.41) is 5.01. The van der Waals surface area contributed by atoms with Gasteiger partial charge in [0.25, 0.3) is 0 Å². The zero-order chi connectivity index (χ0) is 6.91. The number of hydrogen-bond donors (Lipinski definition) is 1. The summed E-state index contributed by atoms with van der Waals surface area (Å²) in [6, 6.07) is 0. The fourth-order valence-corrected chi connectivity index (χ4v) is 0.479. The molecule has 0 aromatic carbocycles. The molecule has 0 aromatic heterocycles. The van der Waals surface area contributed by atoms with Gasteiger partial charge in [-0.25, -0.2) is 5.84 Å². The Kier molecular flexibility index (Phi) is 1.25. The average molecular weight is 126 g/mol. The van der Waals surface area contributed by atoms with E-state index in [4.69, 9.17) is 5.84 Å². The first kappa shape index (κ1) is 6.22. The van der Waals surface area contributed by atoms with E-state index < -0.39 is 0 Å². The van der Waals surface area contributed by atoms with E-state index in [0.717, 1.165) is 0 Å². The monoisotopic (exact) mass is 126 g/mol. The molecule has 4 nitrogen and oxygen atoms in total. The van der Waals surface area contributed by atoms with Gasteiger partial charge < -0.3 is 0 Å². The molecule has 0 aromatic rings. The van der Waals surface area contributed by atoms with E-state index in [9.17, 15) is 0 Å². The summed E-state index contributed by atoms with van der Waals surface area (Å²) < 4.78 is 0.